The summed E-state index contributed by atoms with van der Waals surface area (Å²) in [6.45, 7) is 6.65. The zero-order valence-electron chi connectivity index (χ0n) is 11.9. The van der Waals surface area contributed by atoms with Crippen molar-refractivity contribution in [2.75, 3.05) is 4.90 Å². The van der Waals surface area contributed by atoms with Gasteiger partial charge in [0.1, 0.15) is 0 Å². The molecule has 106 valence electrons. The van der Waals surface area contributed by atoms with Crippen LogP contribution in [0.1, 0.15) is 52.9 Å². The fourth-order valence-electron chi connectivity index (χ4n) is 3.04. The van der Waals surface area contributed by atoms with Crippen LogP contribution in [0.4, 0.5) is 5.69 Å². The molecule has 1 aromatic rings. The molecule has 4 heteroatoms. The van der Waals surface area contributed by atoms with Gasteiger partial charge in [0.25, 0.3) is 0 Å². The molecule has 0 saturated heterocycles. The second-order valence-corrected chi connectivity index (χ2v) is 7.10. The number of hydrogen-bond donors (Lipinski definition) is 0. The Kier molecular flexibility index (Phi) is 4.62. The Morgan fingerprint density at radius 1 is 1.05 bits per heavy atom. The zero-order chi connectivity index (χ0) is 14.0. The van der Waals surface area contributed by atoms with Gasteiger partial charge in [-0.15, -0.1) is 0 Å². The minimum atomic E-state index is -0.00333. The average Bonchev–Trinajstić information content (AvgIpc) is 2.33. The maximum Gasteiger partial charge on any atom is 0.0838 e. The summed E-state index contributed by atoms with van der Waals surface area (Å²) >= 11 is 12.7. The molecule has 19 heavy (non-hydrogen) atoms. The molecular weight excluding hydrogens is 279 g/mol. The molecule has 1 aromatic heterocycles. The highest BCUT2D eigenvalue weighted by atomic mass is 35.5. The highest BCUT2D eigenvalue weighted by Crippen LogP contribution is 2.40. The van der Waals surface area contributed by atoms with E-state index in [-0.39, 0.29) is 5.54 Å². The topological polar surface area (TPSA) is 16.1 Å². The van der Waals surface area contributed by atoms with Gasteiger partial charge in [-0.1, -0.05) is 42.5 Å². The molecule has 1 aliphatic carbocycles. The summed E-state index contributed by atoms with van der Waals surface area (Å²) in [6.07, 6.45) is 9.72. The van der Waals surface area contributed by atoms with Crippen molar-refractivity contribution in [2.45, 2.75) is 64.5 Å². The molecule has 0 aromatic carbocycles. The van der Waals surface area contributed by atoms with E-state index < -0.39 is 0 Å². The largest absolute Gasteiger partial charge is 0.361 e. The van der Waals surface area contributed by atoms with Crippen LogP contribution in [0.3, 0.4) is 0 Å². The maximum absolute atomic E-state index is 6.36. The highest BCUT2D eigenvalue weighted by molar-refractivity contribution is 6.39. The van der Waals surface area contributed by atoms with Crippen LogP contribution in [0.25, 0.3) is 0 Å². The van der Waals surface area contributed by atoms with E-state index in [0.29, 0.717) is 16.1 Å². The summed E-state index contributed by atoms with van der Waals surface area (Å²) in [6, 6.07) is 0.520. The number of aromatic nitrogens is 1. The predicted molar refractivity (Wildman–Crippen MR) is 83.4 cm³/mol. The van der Waals surface area contributed by atoms with E-state index in [2.05, 4.69) is 30.7 Å². The number of pyridine rings is 1. The molecule has 2 rings (SSSR count). The van der Waals surface area contributed by atoms with Crippen molar-refractivity contribution < 1.29 is 0 Å². The third kappa shape index (κ3) is 3.35. The van der Waals surface area contributed by atoms with Crippen molar-refractivity contribution in [2.24, 2.45) is 0 Å². The van der Waals surface area contributed by atoms with Crippen LogP contribution in [-0.2, 0) is 0 Å². The quantitative estimate of drug-likeness (QED) is 0.734. The van der Waals surface area contributed by atoms with Gasteiger partial charge in [-0.2, -0.15) is 0 Å². The standard InChI is InChI=1S/C15H22Cl2N2/c1-15(2,3)19(11-7-5-4-6-8-11)14-12(16)9-18-10-13(14)17/h9-11H,4-8H2,1-3H3. The Balaban J connectivity index is 2.43. The van der Waals surface area contributed by atoms with Crippen molar-refractivity contribution in [1.82, 2.24) is 4.98 Å². The fraction of sp³-hybridized carbons (Fsp3) is 0.667. The van der Waals surface area contributed by atoms with Gasteiger partial charge in [-0.25, -0.2) is 0 Å². The van der Waals surface area contributed by atoms with E-state index in [9.17, 15) is 0 Å². The molecule has 0 radical (unpaired) electrons. The molecule has 1 fully saturated rings. The van der Waals surface area contributed by atoms with Crippen molar-refractivity contribution in [1.29, 1.82) is 0 Å². The lowest BCUT2D eigenvalue weighted by molar-refractivity contribution is 0.354. The molecule has 0 unspecified atom stereocenters. The third-order valence-electron chi connectivity index (χ3n) is 3.73. The fourth-order valence-corrected chi connectivity index (χ4v) is 3.59. The Bertz CT molecular complexity index is 414. The SMILES string of the molecule is CC(C)(C)N(c1c(Cl)cncc1Cl)C1CCCCC1. The molecule has 1 heterocycles. The zero-order valence-corrected chi connectivity index (χ0v) is 13.4. The molecular formula is C15H22Cl2N2. The lowest BCUT2D eigenvalue weighted by Gasteiger charge is -2.46. The van der Waals surface area contributed by atoms with Crippen LogP contribution in [0.5, 0.6) is 0 Å². The molecule has 0 spiro atoms. The first kappa shape index (κ1) is 14.9. The number of hydrogen-bond acceptors (Lipinski definition) is 2. The molecule has 0 bridgehead atoms. The first-order chi connectivity index (χ1) is 8.91. The molecule has 0 amide bonds. The minimum Gasteiger partial charge on any atom is -0.361 e. The number of rotatable bonds is 2. The minimum absolute atomic E-state index is 0.00333. The van der Waals surface area contributed by atoms with Crippen molar-refractivity contribution >= 4 is 28.9 Å². The summed E-state index contributed by atoms with van der Waals surface area (Å²) in [5.74, 6) is 0. The molecule has 2 nitrogen and oxygen atoms in total. The van der Waals surface area contributed by atoms with Gasteiger partial charge in [0.05, 0.1) is 15.7 Å². The van der Waals surface area contributed by atoms with E-state index in [0.717, 1.165) is 5.69 Å². The van der Waals surface area contributed by atoms with Gasteiger partial charge in [0.15, 0.2) is 0 Å². The summed E-state index contributed by atoms with van der Waals surface area (Å²) in [4.78, 5) is 6.46. The number of nitrogens with zero attached hydrogens (tertiary/aromatic N) is 2. The van der Waals surface area contributed by atoms with Crippen LogP contribution < -0.4 is 4.90 Å². The Morgan fingerprint density at radius 2 is 1.58 bits per heavy atom. The second kappa shape index (κ2) is 5.88. The average molecular weight is 301 g/mol. The van der Waals surface area contributed by atoms with Crippen LogP contribution in [-0.4, -0.2) is 16.6 Å². The summed E-state index contributed by atoms with van der Waals surface area (Å²) in [5.41, 5.74) is 0.939. The predicted octanol–water partition coefficient (Wildman–Crippen LogP) is 5.33. The Labute approximate surface area is 126 Å². The first-order valence-electron chi connectivity index (χ1n) is 6.99. The second-order valence-electron chi connectivity index (χ2n) is 6.28. The smallest absolute Gasteiger partial charge is 0.0838 e. The van der Waals surface area contributed by atoms with Crippen molar-refractivity contribution in [3.05, 3.63) is 22.4 Å². The van der Waals surface area contributed by atoms with Gasteiger partial charge in [-0.05, 0) is 33.6 Å². The number of halogens is 2. The van der Waals surface area contributed by atoms with Crippen molar-refractivity contribution in [3.8, 4) is 0 Å². The van der Waals surface area contributed by atoms with Crippen LogP contribution >= 0.6 is 23.2 Å². The molecule has 1 saturated carbocycles. The van der Waals surface area contributed by atoms with Crippen molar-refractivity contribution in [3.63, 3.8) is 0 Å². The molecule has 0 N–H and O–H groups in total. The van der Waals surface area contributed by atoms with E-state index in [1.807, 2.05) is 0 Å². The number of anilines is 1. The van der Waals surface area contributed by atoms with Crippen LogP contribution in [0, 0.1) is 0 Å². The highest BCUT2D eigenvalue weighted by Gasteiger charge is 2.32. The molecule has 0 atom stereocenters. The van der Waals surface area contributed by atoms with Gasteiger partial charge in [0, 0.05) is 24.0 Å². The maximum atomic E-state index is 6.36. The van der Waals surface area contributed by atoms with E-state index in [1.165, 1.54) is 32.1 Å². The van der Waals surface area contributed by atoms with Crippen LogP contribution in [0.2, 0.25) is 10.0 Å². The van der Waals surface area contributed by atoms with Crippen LogP contribution in [0.15, 0.2) is 12.4 Å². The Morgan fingerprint density at radius 3 is 2.05 bits per heavy atom. The normalized spacial score (nSPS) is 17.5. The molecule has 1 aliphatic rings. The Hall–Kier alpha value is -0.470. The van der Waals surface area contributed by atoms with E-state index in [1.54, 1.807) is 12.4 Å². The summed E-state index contributed by atoms with van der Waals surface area (Å²) < 4.78 is 0. The van der Waals surface area contributed by atoms with Gasteiger partial charge < -0.3 is 4.90 Å². The van der Waals surface area contributed by atoms with E-state index in [4.69, 9.17) is 23.2 Å². The molecule has 0 aliphatic heterocycles. The summed E-state index contributed by atoms with van der Waals surface area (Å²) in [5, 5.41) is 1.29. The lowest BCUT2D eigenvalue weighted by atomic mass is 9.90. The van der Waals surface area contributed by atoms with E-state index >= 15 is 0 Å². The van der Waals surface area contributed by atoms with Gasteiger partial charge >= 0.3 is 0 Å². The van der Waals surface area contributed by atoms with Gasteiger partial charge in [-0.3, -0.25) is 4.98 Å². The van der Waals surface area contributed by atoms with Gasteiger partial charge in [0.2, 0.25) is 0 Å². The first-order valence-corrected chi connectivity index (χ1v) is 7.75. The monoisotopic (exact) mass is 300 g/mol. The lowest BCUT2D eigenvalue weighted by Crippen LogP contribution is -2.49. The summed E-state index contributed by atoms with van der Waals surface area (Å²) in [7, 11) is 0. The third-order valence-corrected chi connectivity index (χ3v) is 4.28.